The number of thiocarbonyl (C=S) groups is 1. The van der Waals surface area contributed by atoms with Crippen molar-refractivity contribution in [1.82, 2.24) is 10.6 Å². The van der Waals surface area contributed by atoms with Crippen LogP contribution in [0, 0.1) is 0 Å². The second-order valence-electron chi connectivity index (χ2n) is 5.80. The summed E-state index contributed by atoms with van der Waals surface area (Å²) in [6.07, 6.45) is -1.02. The zero-order chi connectivity index (χ0) is 19.5. The van der Waals surface area contributed by atoms with Gasteiger partial charge in [0.1, 0.15) is 22.7 Å². The first kappa shape index (κ1) is 24.5. The van der Waals surface area contributed by atoms with E-state index in [0.717, 1.165) is 0 Å². The van der Waals surface area contributed by atoms with Gasteiger partial charge < -0.3 is 24.8 Å². The van der Waals surface area contributed by atoms with Crippen molar-refractivity contribution in [3.63, 3.8) is 0 Å². The quantitative estimate of drug-likeness (QED) is 0.576. The highest BCUT2D eigenvalue weighted by Crippen LogP contribution is 2.06. The fraction of sp³-hybridized carbons (Fsp3) is 0.733. The number of hydrogen-bond acceptors (Lipinski definition) is 7. The third-order valence-corrected chi connectivity index (χ3v) is 2.82. The zero-order valence-corrected chi connectivity index (χ0v) is 16.3. The van der Waals surface area contributed by atoms with Crippen LogP contribution in [0.4, 0.5) is 4.79 Å². The molecule has 0 bridgehead atoms. The normalized spacial score (nSPS) is 12.7. The van der Waals surface area contributed by atoms with Gasteiger partial charge >= 0.3 is 12.1 Å². The van der Waals surface area contributed by atoms with Gasteiger partial charge in [-0.2, -0.15) is 0 Å². The van der Waals surface area contributed by atoms with Crippen LogP contribution in [-0.4, -0.2) is 54.9 Å². The van der Waals surface area contributed by atoms with Gasteiger partial charge in [0.05, 0.1) is 7.11 Å². The van der Waals surface area contributed by atoms with Crippen LogP contribution in [0.15, 0.2) is 0 Å². The van der Waals surface area contributed by atoms with E-state index in [0.29, 0.717) is 0 Å². The molecule has 0 heterocycles. The highest BCUT2D eigenvalue weighted by molar-refractivity contribution is 7.80. The molecule has 2 atom stereocenters. The molecule has 0 aromatic carbocycles. The van der Waals surface area contributed by atoms with Crippen LogP contribution >= 0.6 is 12.2 Å². The third-order valence-electron chi connectivity index (χ3n) is 2.38. The smallest absolute Gasteiger partial charge is 0.408 e. The largest absolute Gasteiger partial charge is 0.469 e. The fourth-order valence-corrected chi connectivity index (χ4v) is 1.19. The minimum Gasteiger partial charge on any atom is -0.469 e. The maximum absolute atomic E-state index is 11.8. The Bertz CT molecular complexity index is 448. The van der Waals surface area contributed by atoms with Crippen LogP contribution in [0.2, 0.25) is 0 Å². The molecule has 9 heteroatoms. The molecule has 2 N–H and O–H groups in total. The van der Waals surface area contributed by atoms with E-state index in [2.05, 4.69) is 15.4 Å². The number of alkyl carbamates (subject to hydrolysis) is 1. The monoisotopic (exact) mass is 364 g/mol. The van der Waals surface area contributed by atoms with Crippen LogP contribution < -0.4 is 10.6 Å². The molecule has 0 aliphatic carbocycles. The maximum atomic E-state index is 11.8. The summed E-state index contributed by atoms with van der Waals surface area (Å²) in [7, 11) is 2.84. The van der Waals surface area contributed by atoms with E-state index in [1.165, 1.54) is 21.1 Å². The number of nitrogens with one attached hydrogen (secondary N) is 2. The highest BCUT2D eigenvalue weighted by Gasteiger charge is 2.22. The first-order valence-electron chi connectivity index (χ1n) is 7.25. The number of methoxy groups -OCH3 is 2. The van der Waals surface area contributed by atoms with Gasteiger partial charge in [-0.1, -0.05) is 12.2 Å². The highest BCUT2D eigenvalue weighted by atomic mass is 32.1. The Morgan fingerprint density at radius 3 is 1.88 bits per heavy atom. The van der Waals surface area contributed by atoms with Gasteiger partial charge in [0.2, 0.25) is 5.91 Å². The van der Waals surface area contributed by atoms with Gasteiger partial charge in [0.15, 0.2) is 0 Å². The Hall–Kier alpha value is -1.74. The maximum Gasteiger partial charge on any atom is 0.408 e. The number of carbonyl (C=O) groups excluding carboxylic acids is 3. The lowest BCUT2D eigenvalue weighted by atomic mass is 10.2. The first-order chi connectivity index (χ1) is 10.8. The number of carbonyl (C=O) groups is 3. The van der Waals surface area contributed by atoms with E-state index in [9.17, 15) is 14.4 Å². The van der Waals surface area contributed by atoms with E-state index < -0.39 is 23.6 Å². The number of rotatable bonds is 4. The fourth-order valence-electron chi connectivity index (χ4n) is 0.988. The Labute approximate surface area is 148 Å². The average Bonchev–Trinajstić information content (AvgIpc) is 2.44. The Morgan fingerprint density at radius 1 is 1.08 bits per heavy atom. The number of ether oxygens (including phenoxy) is 3. The molecule has 0 aromatic rings. The topological polar surface area (TPSA) is 103 Å². The summed E-state index contributed by atoms with van der Waals surface area (Å²) in [4.78, 5) is 33.1. The SMILES string of the molecule is COC(C)=O.COC(C)C(=S)NC(=O)[C@H](C)NC(=O)OC(C)(C)C. The standard InChI is InChI=1S/C12H22N2O4S.C3H6O2/c1-7(13-11(16)18-12(3,4)5)9(15)14-10(19)8(2)17-6;1-3(4)5-2/h7-8H,1-6H3,(H,13,16)(H,14,15,19);1-2H3/t7-,8?;/m0./s1. The van der Waals surface area contributed by atoms with Crippen molar-refractivity contribution in [2.45, 2.75) is 59.3 Å². The van der Waals surface area contributed by atoms with Crippen molar-refractivity contribution in [2.75, 3.05) is 14.2 Å². The Morgan fingerprint density at radius 2 is 1.54 bits per heavy atom. The average molecular weight is 364 g/mol. The lowest BCUT2D eigenvalue weighted by Crippen LogP contribution is -2.49. The van der Waals surface area contributed by atoms with Gasteiger partial charge in [-0.05, 0) is 34.6 Å². The molecule has 0 spiro atoms. The minimum absolute atomic E-state index is 0.245. The Balaban J connectivity index is 0. The van der Waals surface area contributed by atoms with E-state index in [1.54, 1.807) is 34.6 Å². The van der Waals surface area contributed by atoms with E-state index in [1.807, 2.05) is 0 Å². The molecule has 0 aromatic heterocycles. The van der Waals surface area contributed by atoms with Crippen molar-refractivity contribution in [3.8, 4) is 0 Å². The first-order valence-corrected chi connectivity index (χ1v) is 7.66. The molecular formula is C15H28N2O6S. The molecule has 0 saturated carbocycles. The van der Waals surface area contributed by atoms with E-state index >= 15 is 0 Å². The molecule has 140 valence electrons. The van der Waals surface area contributed by atoms with Crippen LogP contribution in [0.5, 0.6) is 0 Å². The van der Waals surface area contributed by atoms with Crippen LogP contribution in [0.1, 0.15) is 41.5 Å². The molecule has 8 nitrogen and oxygen atoms in total. The van der Waals surface area contributed by atoms with Crippen LogP contribution in [0.25, 0.3) is 0 Å². The van der Waals surface area contributed by atoms with Gasteiger partial charge in [-0.15, -0.1) is 0 Å². The molecule has 1 unspecified atom stereocenters. The number of amides is 2. The predicted octanol–water partition coefficient (Wildman–Crippen LogP) is 1.56. The molecule has 0 radical (unpaired) electrons. The summed E-state index contributed by atoms with van der Waals surface area (Å²) in [5.41, 5.74) is -0.611. The van der Waals surface area contributed by atoms with Crippen LogP contribution in [0.3, 0.4) is 0 Å². The van der Waals surface area contributed by atoms with Crippen LogP contribution in [-0.2, 0) is 23.8 Å². The molecule has 0 fully saturated rings. The predicted molar refractivity (Wildman–Crippen MR) is 93.7 cm³/mol. The van der Waals surface area contributed by atoms with Crippen molar-refractivity contribution >= 4 is 35.2 Å². The third kappa shape index (κ3) is 13.9. The summed E-state index contributed by atoms with van der Waals surface area (Å²) in [6.45, 7) is 9.85. The van der Waals surface area contributed by atoms with Crippen molar-refractivity contribution in [1.29, 1.82) is 0 Å². The van der Waals surface area contributed by atoms with Gasteiger partial charge in [0.25, 0.3) is 0 Å². The lowest BCUT2D eigenvalue weighted by Gasteiger charge is -2.22. The van der Waals surface area contributed by atoms with Gasteiger partial charge in [-0.3, -0.25) is 9.59 Å². The summed E-state index contributed by atoms with van der Waals surface area (Å²) in [5, 5.41) is 4.92. The van der Waals surface area contributed by atoms with Gasteiger partial charge in [-0.25, -0.2) is 4.79 Å². The molecule has 0 aliphatic rings. The summed E-state index contributed by atoms with van der Waals surface area (Å²) in [5.74, 6) is -0.662. The van der Waals surface area contributed by atoms with Crippen molar-refractivity contribution in [2.24, 2.45) is 0 Å². The minimum atomic E-state index is -0.753. The molecule has 0 aliphatic heterocycles. The lowest BCUT2D eigenvalue weighted by molar-refractivity contribution is -0.138. The molecule has 0 rings (SSSR count). The van der Waals surface area contributed by atoms with E-state index in [4.69, 9.17) is 21.7 Å². The summed E-state index contributed by atoms with van der Waals surface area (Å²) >= 11 is 4.97. The summed E-state index contributed by atoms with van der Waals surface area (Å²) in [6, 6.07) is -0.753. The molecule has 0 saturated heterocycles. The van der Waals surface area contributed by atoms with E-state index in [-0.39, 0.29) is 17.1 Å². The second kappa shape index (κ2) is 11.7. The summed E-state index contributed by atoms with van der Waals surface area (Å²) < 4.78 is 14.1. The van der Waals surface area contributed by atoms with Crippen molar-refractivity contribution in [3.05, 3.63) is 0 Å². The van der Waals surface area contributed by atoms with Crippen molar-refractivity contribution < 1.29 is 28.6 Å². The Kier molecular flexibility index (Phi) is 12.0. The zero-order valence-electron chi connectivity index (χ0n) is 15.5. The molecule has 24 heavy (non-hydrogen) atoms. The molecule has 2 amide bonds. The molecular weight excluding hydrogens is 336 g/mol. The van der Waals surface area contributed by atoms with Gasteiger partial charge in [0, 0.05) is 14.0 Å². The number of esters is 1. The second-order valence-corrected chi connectivity index (χ2v) is 6.23. The number of hydrogen-bond donors (Lipinski definition) is 2.